The van der Waals surface area contributed by atoms with Crippen LogP contribution in [-0.4, -0.2) is 17.3 Å². The van der Waals surface area contributed by atoms with Crippen LogP contribution >= 0.6 is 23.2 Å². The molecule has 0 bridgehead atoms. The van der Waals surface area contributed by atoms with E-state index in [1.807, 2.05) is 0 Å². The lowest BCUT2D eigenvalue weighted by atomic mass is 10.0. The van der Waals surface area contributed by atoms with Crippen molar-refractivity contribution < 1.29 is 5.11 Å². The lowest BCUT2D eigenvalue weighted by Gasteiger charge is -2.23. The largest absolute Gasteiger partial charge is 0.388 e. The van der Waals surface area contributed by atoms with Crippen molar-refractivity contribution in [2.75, 3.05) is 11.9 Å². The predicted octanol–water partition coefficient (Wildman–Crippen LogP) is 3.71. The Morgan fingerprint density at radius 3 is 2.31 bits per heavy atom. The Morgan fingerprint density at radius 2 is 1.75 bits per heavy atom. The zero-order chi connectivity index (χ0) is 11.6. The third-order valence-electron chi connectivity index (χ3n) is 3.09. The third kappa shape index (κ3) is 2.62. The highest BCUT2D eigenvalue weighted by Crippen LogP contribution is 2.33. The topological polar surface area (TPSA) is 32.3 Å². The van der Waals surface area contributed by atoms with Gasteiger partial charge in [-0.1, -0.05) is 42.1 Å². The van der Waals surface area contributed by atoms with Gasteiger partial charge in [0.05, 0.1) is 21.3 Å². The van der Waals surface area contributed by atoms with Crippen molar-refractivity contribution in [2.24, 2.45) is 0 Å². The van der Waals surface area contributed by atoms with E-state index in [-0.39, 0.29) is 0 Å². The minimum Gasteiger partial charge on any atom is -0.388 e. The van der Waals surface area contributed by atoms with Crippen LogP contribution in [0.1, 0.15) is 25.7 Å². The van der Waals surface area contributed by atoms with Crippen LogP contribution in [0.4, 0.5) is 5.69 Å². The molecule has 1 aliphatic rings. The second kappa shape index (κ2) is 4.82. The van der Waals surface area contributed by atoms with E-state index in [0.29, 0.717) is 22.3 Å². The summed E-state index contributed by atoms with van der Waals surface area (Å²) in [5.41, 5.74) is 0.119. The van der Waals surface area contributed by atoms with Crippen LogP contribution in [0, 0.1) is 0 Å². The molecule has 0 radical (unpaired) electrons. The Morgan fingerprint density at radius 1 is 1.19 bits per heavy atom. The number of benzene rings is 1. The molecule has 88 valence electrons. The Bertz CT molecular complexity index is 355. The van der Waals surface area contributed by atoms with Gasteiger partial charge in [0, 0.05) is 6.54 Å². The molecule has 0 atom stereocenters. The molecule has 0 unspecified atom stereocenters. The SMILES string of the molecule is OC1(CNc2c(Cl)cccc2Cl)CCCC1. The molecule has 1 saturated carbocycles. The Kier molecular flexibility index (Phi) is 3.63. The van der Waals surface area contributed by atoms with E-state index >= 15 is 0 Å². The fourth-order valence-electron chi connectivity index (χ4n) is 2.13. The Hall–Kier alpha value is -0.440. The molecule has 0 aromatic heterocycles. The molecule has 1 fully saturated rings. The van der Waals surface area contributed by atoms with Crippen molar-refractivity contribution in [2.45, 2.75) is 31.3 Å². The molecule has 1 aromatic carbocycles. The van der Waals surface area contributed by atoms with Crippen LogP contribution in [0.15, 0.2) is 18.2 Å². The fourth-order valence-corrected chi connectivity index (χ4v) is 2.66. The van der Waals surface area contributed by atoms with E-state index in [2.05, 4.69) is 5.32 Å². The van der Waals surface area contributed by atoms with Gasteiger partial charge in [0.25, 0.3) is 0 Å². The van der Waals surface area contributed by atoms with E-state index < -0.39 is 5.60 Å². The molecule has 4 heteroatoms. The van der Waals surface area contributed by atoms with Crippen molar-refractivity contribution in [1.29, 1.82) is 0 Å². The summed E-state index contributed by atoms with van der Waals surface area (Å²) < 4.78 is 0. The first-order valence-corrected chi connectivity index (χ1v) is 6.27. The van der Waals surface area contributed by atoms with Crippen LogP contribution in [0.25, 0.3) is 0 Å². The Balaban J connectivity index is 2.04. The van der Waals surface area contributed by atoms with Crippen LogP contribution in [0.2, 0.25) is 10.0 Å². The number of nitrogens with one attached hydrogen (secondary N) is 1. The summed E-state index contributed by atoms with van der Waals surface area (Å²) >= 11 is 12.1. The summed E-state index contributed by atoms with van der Waals surface area (Å²) in [6, 6.07) is 5.38. The molecule has 0 amide bonds. The first-order chi connectivity index (χ1) is 7.61. The Labute approximate surface area is 106 Å². The molecule has 0 spiro atoms. The highest BCUT2D eigenvalue weighted by molar-refractivity contribution is 6.39. The van der Waals surface area contributed by atoms with Gasteiger partial charge in [-0.3, -0.25) is 0 Å². The maximum absolute atomic E-state index is 10.2. The van der Waals surface area contributed by atoms with Crippen molar-refractivity contribution in [3.05, 3.63) is 28.2 Å². The quantitative estimate of drug-likeness (QED) is 0.868. The minimum atomic E-state index is -0.595. The lowest BCUT2D eigenvalue weighted by molar-refractivity contribution is 0.0615. The first kappa shape index (κ1) is 12.0. The normalized spacial score (nSPS) is 18.7. The van der Waals surface area contributed by atoms with E-state index in [4.69, 9.17) is 23.2 Å². The molecular weight excluding hydrogens is 245 g/mol. The molecule has 2 nitrogen and oxygen atoms in total. The summed E-state index contributed by atoms with van der Waals surface area (Å²) in [6.07, 6.45) is 3.88. The maximum Gasteiger partial charge on any atom is 0.0819 e. The summed E-state index contributed by atoms with van der Waals surface area (Å²) in [5, 5.41) is 14.5. The van der Waals surface area contributed by atoms with Gasteiger partial charge < -0.3 is 10.4 Å². The minimum absolute atomic E-state index is 0.510. The number of rotatable bonds is 3. The van der Waals surface area contributed by atoms with Gasteiger partial charge in [0.15, 0.2) is 0 Å². The van der Waals surface area contributed by atoms with E-state index in [1.165, 1.54) is 0 Å². The number of aliphatic hydroxyl groups is 1. The van der Waals surface area contributed by atoms with Crippen LogP contribution in [0.5, 0.6) is 0 Å². The number of hydrogen-bond acceptors (Lipinski definition) is 2. The zero-order valence-electron chi connectivity index (χ0n) is 8.97. The number of hydrogen-bond donors (Lipinski definition) is 2. The molecule has 0 aliphatic heterocycles. The lowest BCUT2D eigenvalue weighted by Crippen LogP contribution is -2.33. The van der Waals surface area contributed by atoms with Crippen molar-refractivity contribution in [1.82, 2.24) is 0 Å². The smallest absolute Gasteiger partial charge is 0.0819 e. The van der Waals surface area contributed by atoms with E-state index in [1.54, 1.807) is 18.2 Å². The van der Waals surface area contributed by atoms with Gasteiger partial charge >= 0.3 is 0 Å². The monoisotopic (exact) mass is 259 g/mol. The number of para-hydroxylation sites is 1. The molecule has 2 N–H and O–H groups in total. The number of anilines is 1. The summed E-state index contributed by atoms with van der Waals surface area (Å²) in [7, 11) is 0. The van der Waals surface area contributed by atoms with Gasteiger partial charge in [-0.05, 0) is 25.0 Å². The van der Waals surface area contributed by atoms with Crippen molar-refractivity contribution >= 4 is 28.9 Å². The molecule has 1 aliphatic carbocycles. The number of halogens is 2. The maximum atomic E-state index is 10.2. The first-order valence-electron chi connectivity index (χ1n) is 5.51. The summed E-state index contributed by atoms with van der Waals surface area (Å²) in [5.74, 6) is 0. The molecule has 0 heterocycles. The van der Waals surface area contributed by atoms with E-state index in [9.17, 15) is 5.11 Å². The summed E-state index contributed by atoms with van der Waals surface area (Å²) in [6.45, 7) is 0.510. The van der Waals surface area contributed by atoms with Gasteiger partial charge in [0.1, 0.15) is 0 Å². The van der Waals surface area contributed by atoms with Crippen molar-refractivity contribution in [3.63, 3.8) is 0 Å². The third-order valence-corrected chi connectivity index (χ3v) is 3.72. The fraction of sp³-hybridized carbons (Fsp3) is 0.500. The molecule has 1 aromatic rings. The van der Waals surface area contributed by atoms with Crippen LogP contribution in [0.3, 0.4) is 0 Å². The summed E-state index contributed by atoms with van der Waals surface area (Å²) in [4.78, 5) is 0. The predicted molar refractivity (Wildman–Crippen MR) is 68.4 cm³/mol. The molecule has 2 rings (SSSR count). The standard InChI is InChI=1S/C12H15Cl2NO/c13-9-4-3-5-10(14)11(9)15-8-12(16)6-1-2-7-12/h3-5,15-16H,1-2,6-8H2. The second-order valence-electron chi connectivity index (χ2n) is 4.38. The van der Waals surface area contributed by atoms with Crippen LogP contribution < -0.4 is 5.32 Å². The van der Waals surface area contributed by atoms with Gasteiger partial charge in [-0.25, -0.2) is 0 Å². The zero-order valence-corrected chi connectivity index (χ0v) is 10.5. The molecular formula is C12H15Cl2NO. The van der Waals surface area contributed by atoms with Crippen LogP contribution in [-0.2, 0) is 0 Å². The highest BCUT2D eigenvalue weighted by atomic mass is 35.5. The molecule has 0 saturated heterocycles. The second-order valence-corrected chi connectivity index (χ2v) is 5.20. The average molecular weight is 260 g/mol. The van der Waals surface area contributed by atoms with E-state index in [0.717, 1.165) is 25.7 Å². The van der Waals surface area contributed by atoms with Gasteiger partial charge in [-0.2, -0.15) is 0 Å². The van der Waals surface area contributed by atoms with Gasteiger partial charge in [0.2, 0.25) is 0 Å². The molecule has 16 heavy (non-hydrogen) atoms. The highest BCUT2D eigenvalue weighted by Gasteiger charge is 2.30. The average Bonchev–Trinajstić information content (AvgIpc) is 2.65. The van der Waals surface area contributed by atoms with Gasteiger partial charge in [-0.15, -0.1) is 0 Å². The van der Waals surface area contributed by atoms with Crippen molar-refractivity contribution in [3.8, 4) is 0 Å².